The van der Waals surface area contributed by atoms with Crippen molar-refractivity contribution in [2.75, 3.05) is 5.75 Å². The Labute approximate surface area is 156 Å². The molecule has 1 heterocycles. The monoisotopic (exact) mass is 365 g/mol. The van der Waals surface area contributed by atoms with Gasteiger partial charge in [0.05, 0.1) is 12.0 Å². The number of benzene rings is 2. The van der Waals surface area contributed by atoms with Gasteiger partial charge >= 0.3 is 0 Å². The van der Waals surface area contributed by atoms with E-state index >= 15 is 0 Å². The number of nitrogens with one attached hydrogen (secondary N) is 1. The fraction of sp³-hybridized carbons (Fsp3) is 0.158. The summed E-state index contributed by atoms with van der Waals surface area (Å²) in [7, 11) is 0. The van der Waals surface area contributed by atoms with Gasteiger partial charge in [-0.05, 0) is 31.5 Å². The van der Waals surface area contributed by atoms with Crippen molar-refractivity contribution in [2.24, 2.45) is 5.10 Å². The lowest BCUT2D eigenvalue weighted by Crippen LogP contribution is -2.20. The number of hydrogen-bond donors (Lipinski definition) is 1. The molecule has 0 saturated carbocycles. The topological polar surface area (TPSA) is 72.2 Å². The molecular weight excluding hydrogens is 346 g/mol. The molecule has 0 aliphatic rings. The van der Waals surface area contributed by atoms with Crippen molar-refractivity contribution in [3.63, 3.8) is 0 Å². The highest BCUT2D eigenvalue weighted by Gasteiger charge is 2.12. The van der Waals surface area contributed by atoms with E-state index in [0.717, 1.165) is 17.1 Å². The fourth-order valence-corrected chi connectivity index (χ4v) is 3.09. The number of carbonyl (C=O) groups excluding carboxylic acids is 1. The summed E-state index contributed by atoms with van der Waals surface area (Å²) in [6, 6.07) is 17.7. The molecule has 132 valence electrons. The number of para-hydroxylation sites is 1. The molecule has 0 unspecified atom stereocenters. The largest absolute Gasteiger partial charge is 0.274 e. The van der Waals surface area contributed by atoms with Crippen LogP contribution in [0, 0.1) is 13.8 Å². The number of hydrogen-bond acceptors (Lipinski definition) is 5. The molecule has 0 aliphatic carbocycles. The smallest absolute Gasteiger partial charge is 0.250 e. The standard InChI is InChI=1S/C19H19N5OS/c1-14-8-10-16(11-9-14)12-20-22-18(25)13-26-19-23-21-15(2)24(19)17-6-4-3-5-7-17/h3-12H,13H2,1-2H3,(H,22,25)/b20-12+. The Morgan fingerprint density at radius 3 is 2.58 bits per heavy atom. The summed E-state index contributed by atoms with van der Waals surface area (Å²) in [6.07, 6.45) is 1.62. The Hall–Kier alpha value is -2.93. The van der Waals surface area contributed by atoms with Crippen molar-refractivity contribution in [3.8, 4) is 5.69 Å². The van der Waals surface area contributed by atoms with Crippen LogP contribution in [0.5, 0.6) is 0 Å². The van der Waals surface area contributed by atoms with E-state index in [1.165, 1.54) is 17.3 Å². The minimum absolute atomic E-state index is 0.196. The van der Waals surface area contributed by atoms with Crippen LogP contribution in [0.2, 0.25) is 0 Å². The van der Waals surface area contributed by atoms with Gasteiger partial charge in [0.1, 0.15) is 5.82 Å². The average molecular weight is 365 g/mol. The quantitative estimate of drug-likeness (QED) is 0.414. The highest BCUT2D eigenvalue weighted by molar-refractivity contribution is 7.99. The first-order valence-corrected chi connectivity index (χ1v) is 9.11. The highest BCUT2D eigenvalue weighted by Crippen LogP contribution is 2.21. The third-order valence-electron chi connectivity index (χ3n) is 3.62. The zero-order chi connectivity index (χ0) is 18.4. The average Bonchev–Trinajstić information content (AvgIpc) is 3.03. The number of rotatable bonds is 6. The van der Waals surface area contributed by atoms with Crippen LogP contribution in [0.1, 0.15) is 17.0 Å². The summed E-state index contributed by atoms with van der Waals surface area (Å²) in [5.41, 5.74) is 5.62. The second-order valence-corrected chi connectivity index (χ2v) is 6.64. The maximum Gasteiger partial charge on any atom is 0.250 e. The number of aromatic nitrogens is 3. The molecule has 0 bridgehead atoms. The van der Waals surface area contributed by atoms with E-state index in [1.807, 2.05) is 73.0 Å². The van der Waals surface area contributed by atoms with E-state index in [1.54, 1.807) is 6.21 Å². The highest BCUT2D eigenvalue weighted by atomic mass is 32.2. The molecule has 1 N–H and O–H groups in total. The molecule has 6 nitrogen and oxygen atoms in total. The van der Waals surface area contributed by atoms with Crippen LogP contribution in [0.25, 0.3) is 5.69 Å². The van der Waals surface area contributed by atoms with Gasteiger partial charge in [0.25, 0.3) is 5.91 Å². The van der Waals surface area contributed by atoms with Gasteiger partial charge in [-0.15, -0.1) is 10.2 Å². The van der Waals surface area contributed by atoms with Crippen molar-refractivity contribution in [1.29, 1.82) is 0 Å². The van der Waals surface area contributed by atoms with Gasteiger partial charge in [0.2, 0.25) is 0 Å². The van der Waals surface area contributed by atoms with Crippen LogP contribution < -0.4 is 5.43 Å². The van der Waals surface area contributed by atoms with Gasteiger partial charge in [0.15, 0.2) is 5.16 Å². The Bertz CT molecular complexity index is 903. The first-order chi connectivity index (χ1) is 12.6. The first-order valence-electron chi connectivity index (χ1n) is 8.12. The minimum atomic E-state index is -0.196. The SMILES string of the molecule is Cc1ccc(/C=N/NC(=O)CSc2nnc(C)n2-c2ccccc2)cc1. The predicted molar refractivity (Wildman–Crippen MR) is 104 cm³/mol. The number of carbonyl (C=O) groups is 1. The maximum atomic E-state index is 12.0. The third-order valence-corrected chi connectivity index (χ3v) is 4.55. The summed E-state index contributed by atoms with van der Waals surface area (Å²) in [5, 5.41) is 12.9. The molecule has 0 spiro atoms. The van der Waals surface area contributed by atoms with E-state index in [4.69, 9.17) is 0 Å². The van der Waals surface area contributed by atoms with E-state index in [-0.39, 0.29) is 11.7 Å². The normalized spacial score (nSPS) is 11.0. The van der Waals surface area contributed by atoms with Crippen molar-refractivity contribution in [1.82, 2.24) is 20.2 Å². The third kappa shape index (κ3) is 4.58. The summed E-state index contributed by atoms with van der Waals surface area (Å²) in [4.78, 5) is 12.0. The molecule has 0 radical (unpaired) electrons. The summed E-state index contributed by atoms with van der Waals surface area (Å²) < 4.78 is 1.92. The lowest BCUT2D eigenvalue weighted by molar-refractivity contribution is -0.118. The molecule has 3 aromatic rings. The van der Waals surface area contributed by atoms with Crippen LogP contribution in [0.4, 0.5) is 0 Å². The Morgan fingerprint density at radius 1 is 1.12 bits per heavy atom. The van der Waals surface area contributed by atoms with Crippen molar-refractivity contribution in [3.05, 3.63) is 71.5 Å². The van der Waals surface area contributed by atoms with E-state index in [2.05, 4.69) is 20.7 Å². The Kier molecular flexibility index (Phi) is 5.80. The molecule has 7 heteroatoms. The molecule has 2 aromatic carbocycles. The molecule has 0 saturated heterocycles. The second kappa shape index (κ2) is 8.44. The second-order valence-electron chi connectivity index (χ2n) is 5.69. The summed E-state index contributed by atoms with van der Waals surface area (Å²) >= 11 is 1.32. The van der Waals surface area contributed by atoms with Gasteiger partial charge < -0.3 is 0 Å². The van der Waals surface area contributed by atoms with Crippen molar-refractivity contribution in [2.45, 2.75) is 19.0 Å². The van der Waals surface area contributed by atoms with Crippen LogP contribution >= 0.6 is 11.8 Å². The number of thioether (sulfide) groups is 1. The summed E-state index contributed by atoms with van der Waals surface area (Å²) in [6.45, 7) is 3.91. The Morgan fingerprint density at radius 2 is 1.85 bits per heavy atom. The number of amides is 1. The van der Waals surface area contributed by atoms with E-state index in [0.29, 0.717) is 5.16 Å². The van der Waals surface area contributed by atoms with Gasteiger partial charge in [-0.3, -0.25) is 9.36 Å². The van der Waals surface area contributed by atoms with Gasteiger partial charge in [-0.1, -0.05) is 59.8 Å². The van der Waals surface area contributed by atoms with Crippen molar-refractivity contribution >= 4 is 23.9 Å². The lowest BCUT2D eigenvalue weighted by atomic mass is 10.2. The maximum absolute atomic E-state index is 12.0. The molecule has 1 amide bonds. The Balaban J connectivity index is 1.58. The lowest BCUT2D eigenvalue weighted by Gasteiger charge is -2.07. The number of hydrazone groups is 1. The molecular formula is C19H19N5OS. The van der Waals surface area contributed by atoms with E-state index < -0.39 is 0 Å². The van der Waals surface area contributed by atoms with Crippen LogP contribution in [-0.2, 0) is 4.79 Å². The molecule has 1 aromatic heterocycles. The van der Waals surface area contributed by atoms with Crippen LogP contribution in [0.3, 0.4) is 0 Å². The fourth-order valence-electron chi connectivity index (χ4n) is 2.30. The summed E-state index contributed by atoms with van der Waals surface area (Å²) in [5.74, 6) is 0.783. The molecule has 26 heavy (non-hydrogen) atoms. The van der Waals surface area contributed by atoms with Gasteiger partial charge in [0, 0.05) is 5.69 Å². The predicted octanol–water partition coefficient (Wildman–Crippen LogP) is 3.13. The zero-order valence-electron chi connectivity index (χ0n) is 14.6. The molecule has 0 aliphatic heterocycles. The molecule has 0 fully saturated rings. The van der Waals surface area contributed by atoms with Gasteiger partial charge in [-0.2, -0.15) is 5.10 Å². The zero-order valence-corrected chi connectivity index (χ0v) is 15.4. The first kappa shape index (κ1) is 17.9. The van der Waals surface area contributed by atoms with Crippen LogP contribution in [-0.4, -0.2) is 32.6 Å². The molecule has 0 atom stereocenters. The number of nitrogens with zero attached hydrogens (tertiary/aromatic N) is 4. The molecule has 3 rings (SSSR count). The number of aryl methyl sites for hydroxylation is 2. The van der Waals surface area contributed by atoms with Gasteiger partial charge in [-0.25, -0.2) is 5.43 Å². The van der Waals surface area contributed by atoms with E-state index in [9.17, 15) is 4.79 Å². The van der Waals surface area contributed by atoms with Crippen molar-refractivity contribution < 1.29 is 4.79 Å². The van der Waals surface area contributed by atoms with Crippen LogP contribution in [0.15, 0.2) is 64.9 Å². The minimum Gasteiger partial charge on any atom is -0.274 e.